The van der Waals surface area contributed by atoms with Gasteiger partial charge in [0.15, 0.2) is 0 Å². The van der Waals surface area contributed by atoms with Gasteiger partial charge >= 0.3 is 0 Å². The van der Waals surface area contributed by atoms with E-state index in [4.69, 9.17) is 4.52 Å². The number of carbonyl (C=O) groups is 1. The number of para-hydroxylation sites is 1. The molecule has 2 aromatic heterocycles. The van der Waals surface area contributed by atoms with Crippen molar-refractivity contribution in [3.63, 3.8) is 0 Å². The van der Waals surface area contributed by atoms with E-state index < -0.39 is 27.0 Å². The molecule has 11 heteroatoms. The number of aromatic nitrogens is 2. The maximum atomic E-state index is 12.9. The second kappa shape index (κ2) is 7.91. The Morgan fingerprint density at radius 3 is 2.59 bits per heavy atom. The van der Waals surface area contributed by atoms with Gasteiger partial charge in [0.05, 0.1) is 17.4 Å². The Morgan fingerprint density at radius 2 is 1.93 bits per heavy atom. The fourth-order valence-electron chi connectivity index (χ4n) is 3.59. The lowest BCUT2D eigenvalue weighted by Gasteiger charge is -2.38. The van der Waals surface area contributed by atoms with Crippen molar-refractivity contribution in [1.82, 2.24) is 14.6 Å². The van der Waals surface area contributed by atoms with Crippen LogP contribution in [0.5, 0.6) is 0 Å². The lowest BCUT2D eigenvalue weighted by Crippen LogP contribution is -2.49. The first-order chi connectivity index (χ1) is 14.0. The van der Waals surface area contributed by atoms with Crippen LogP contribution in [0.3, 0.4) is 0 Å². The molecular weight excluding hydrogens is 493 g/mol. The van der Waals surface area contributed by atoms with Crippen molar-refractivity contribution in [2.75, 3.05) is 34.4 Å². The van der Waals surface area contributed by atoms with E-state index in [0.29, 0.717) is 40.7 Å². The van der Waals surface area contributed by atoms with Gasteiger partial charge in [0.1, 0.15) is 5.69 Å². The zero-order valence-corrected chi connectivity index (χ0v) is 17.6. The molecule has 3 heterocycles. The molecule has 3 aromatic rings. The molecule has 0 saturated carbocycles. The number of anilines is 2. The molecule has 0 spiro atoms. The number of nitrogens with zero attached hydrogens (tertiary/aromatic N) is 5. The van der Waals surface area contributed by atoms with Crippen molar-refractivity contribution in [2.45, 2.75) is 0 Å². The molecule has 0 aliphatic carbocycles. The van der Waals surface area contributed by atoms with Gasteiger partial charge in [0, 0.05) is 44.7 Å². The Hall–Kier alpha value is -2.80. The summed E-state index contributed by atoms with van der Waals surface area (Å²) < 4.78 is 18.1. The molecule has 152 valence electrons. The summed E-state index contributed by atoms with van der Waals surface area (Å²) in [5.74, 6) is -0.0907. The lowest BCUT2D eigenvalue weighted by atomic mass is 10.1. The van der Waals surface area contributed by atoms with Crippen molar-refractivity contribution in [2.24, 2.45) is 7.05 Å². The molecule has 1 amide bonds. The van der Waals surface area contributed by atoms with E-state index in [1.54, 1.807) is 18.0 Å². The average molecular weight is 510 g/mol. The number of carbonyl (C=O) groups excluding carboxylic acids is 1. The third kappa shape index (κ3) is 3.40. The zero-order valence-electron chi connectivity index (χ0n) is 15.4. The largest absolute Gasteiger partial charge is 0.747 e. The Labute approximate surface area is 175 Å². The second-order valence-electron chi connectivity index (χ2n) is 6.55. The number of aryl methyl sites for hydroxylation is 1. The molecule has 0 bridgehead atoms. The molecule has 1 saturated heterocycles. The lowest BCUT2D eigenvalue weighted by molar-refractivity contribution is 0.0705. The average Bonchev–Trinajstić information content (AvgIpc) is 3.30. The topological polar surface area (TPSA) is 115 Å². The molecule has 0 unspecified atom stereocenters. The molecule has 1 aliphatic rings. The molecule has 10 nitrogen and oxygen atoms in total. The van der Waals surface area contributed by atoms with E-state index in [-0.39, 0.29) is 17.4 Å². The summed E-state index contributed by atoms with van der Waals surface area (Å²) in [6, 6.07) is 8.78. The maximum Gasteiger partial charge on any atom is 0.292 e. The monoisotopic (exact) mass is 510 g/mol. The summed E-state index contributed by atoms with van der Waals surface area (Å²) >= 11 is -2.10. The zero-order chi connectivity index (χ0) is 20.5. The molecule has 4 rings (SSSR count). The molecule has 0 atom stereocenters. The molecule has 29 heavy (non-hydrogen) atoms. The van der Waals surface area contributed by atoms with Crippen LogP contribution in [0.4, 0.5) is 11.4 Å². The molecule has 1 fully saturated rings. The fourth-order valence-corrected chi connectivity index (χ4v) is 4.22. The van der Waals surface area contributed by atoms with Crippen LogP contribution in [-0.2, 0) is 10.1 Å². The highest BCUT2D eigenvalue weighted by Crippen LogP contribution is 2.36. The van der Waals surface area contributed by atoms with Crippen LogP contribution in [0.2, 0.25) is 0 Å². The van der Waals surface area contributed by atoms with E-state index in [0.717, 1.165) is 5.39 Å². The predicted octanol–water partition coefficient (Wildman–Crippen LogP) is 2.02. The first-order valence-electron chi connectivity index (χ1n) is 8.84. The maximum absolute atomic E-state index is 12.9. The second-order valence-corrected chi connectivity index (χ2v) is 7.82. The number of hydrogen-bond donors (Lipinski definition) is 0. The Morgan fingerprint density at radius 1 is 1.21 bits per heavy atom. The molecule has 1 aliphatic heterocycles. The quantitative estimate of drug-likeness (QED) is 0.298. The Bertz CT molecular complexity index is 1120. The fraction of sp³-hybridized carbons (Fsp3) is 0.278. The van der Waals surface area contributed by atoms with Crippen LogP contribution in [0.25, 0.3) is 10.9 Å². The predicted molar refractivity (Wildman–Crippen MR) is 114 cm³/mol. The normalized spacial score (nSPS) is 14.4. The molecular formula is C18H17IN5O5-. The smallest absolute Gasteiger partial charge is 0.292 e. The van der Waals surface area contributed by atoms with Gasteiger partial charge in [-0.25, -0.2) is 3.07 Å². The van der Waals surface area contributed by atoms with Gasteiger partial charge in [0.25, 0.3) is 32.9 Å². The summed E-state index contributed by atoms with van der Waals surface area (Å²) in [6.07, 6.45) is 1.41. The molecule has 0 radical (unpaired) electrons. The van der Waals surface area contributed by atoms with E-state index >= 15 is 0 Å². The van der Waals surface area contributed by atoms with E-state index in [1.807, 2.05) is 23.1 Å². The minimum Gasteiger partial charge on any atom is -0.747 e. The highest BCUT2D eigenvalue weighted by atomic mass is 127. The number of hydrogen-bond acceptors (Lipinski definition) is 7. The van der Waals surface area contributed by atoms with E-state index in [9.17, 15) is 17.9 Å². The summed E-state index contributed by atoms with van der Waals surface area (Å²) in [5, 5.41) is 16.6. The number of fused-ring (bicyclic) bond motifs is 1. The number of halogens is 1. The number of rotatable bonds is 4. The van der Waals surface area contributed by atoms with Crippen LogP contribution < -0.4 is 13.7 Å². The van der Waals surface area contributed by atoms with Crippen LogP contribution >= 0.6 is 21.5 Å². The van der Waals surface area contributed by atoms with Crippen LogP contribution in [0, 0.1) is 5.21 Å². The van der Waals surface area contributed by atoms with Gasteiger partial charge in [-0.15, -0.1) is 0 Å². The van der Waals surface area contributed by atoms with Crippen molar-refractivity contribution >= 4 is 49.7 Å². The van der Waals surface area contributed by atoms with Gasteiger partial charge in [-0.05, 0) is 6.07 Å². The van der Waals surface area contributed by atoms with Crippen LogP contribution in [-0.4, -0.2) is 46.7 Å². The standard InChI is InChI=1S/C18H17IN5O5/c1-21-13-5-3-2-4-12(13)15(16(18(21)26)24(28)19-27)22-8-10-23(11-9-22)17(25)14-6-7-20-29-14/h2-7H,8-11H2,1H3/q-1. The summed E-state index contributed by atoms with van der Waals surface area (Å²) in [4.78, 5) is 28.9. The number of piperazine rings is 1. The van der Waals surface area contributed by atoms with Crippen molar-refractivity contribution in [1.29, 1.82) is 0 Å². The SMILES string of the molecule is Cn1c(=O)c(N([O-])I=O)c(N2CCN(C(=O)c3ccno3)CC2)c2ccccc21. The van der Waals surface area contributed by atoms with Gasteiger partial charge in [-0.1, -0.05) is 23.4 Å². The number of amides is 1. The minimum atomic E-state index is -2.10. The third-order valence-electron chi connectivity index (χ3n) is 5.02. The number of pyridine rings is 1. The molecule has 0 N–H and O–H groups in total. The van der Waals surface area contributed by atoms with Crippen molar-refractivity contribution < 1.29 is 12.4 Å². The van der Waals surface area contributed by atoms with E-state index in [1.165, 1.54) is 16.8 Å². The van der Waals surface area contributed by atoms with Gasteiger partial charge in [-0.3, -0.25) is 9.59 Å². The first-order valence-corrected chi connectivity index (χ1v) is 10.7. The van der Waals surface area contributed by atoms with Gasteiger partial charge in [-0.2, -0.15) is 0 Å². The van der Waals surface area contributed by atoms with Crippen LogP contribution in [0.15, 0.2) is 45.8 Å². The minimum absolute atomic E-state index is 0.121. The summed E-state index contributed by atoms with van der Waals surface area (Å²) in [5.41, 5.74) is 0.517. The van der Waals surface area contributed by atoms with Crippen molar-refractivity contribution in [3.05, 3.63) is 57.8 Å². The number of benzene rings is 1. The van der Waals surface area contributed by atoms with Gasteiger partial charge < -0.3 is 27.4 Å². The molecule has 1 aromatic carbocycles. The highest BCUT2D eigenvalue weighted by molar-refractivity contribution is 14.1. The van der Waals surface area contributed by atoms with E-state index in [2.05, 4.69) is 5.16 Å². The first kappa shape index (κ1) is 19.5. The summed E-state index contributed by atoms with van der Waals surface area (Å²) in [7, 11) is 1.59. The van der Waals surface area contributed by atoms with Crippen molar-refractivity contribution in [3.8, 4) is 0 Å². The third-order valence-corrected chi connectivity index (χ3v) is 5.86. The van der Waals surface area contributed by atoms with Gasteiger partial charge in [0.2, 0.25) is 5.76 Å². The van der Waals surface area contributed by atoms with Crippen LogP contribution in [0.1, 0.15) is 10.6 Å². The highest BCUT2D eigenvalue weighted by Gasteiger charge is 2.28. The Kier molecular flexibility index (Phi) is 5.32. The Balaban J connectivity index is 1.73. The summed E-state index contributed by atoms with van der Waals surface area (Å²) in [6.45, 7) is 1.59.